The molecule has 0 unspecified atom stereocenters. The first-order chi connectivity index (χ1) is 10.1. The predicted octanol–water partition coefficient (Wildman–Crippen LogP) is 2.11. The third-order valence-electron chi connectivity index (χ3n) is 3.74. The Bertz CT molecular complexity index is 493. The number of carbonyl (C=O) groups excluding carboxylic acids is 1. The summed E-state index contributed by atoms with van der Waals surface area (Å²) in [7, 11) is 0. The summed E-state index contributed by atoms with van der Waals surface area (Å²) >= 11 is 5.64. The summed E-state index contributed by atoms with van der Waals surface area (Å²) in [6, 6.07) is 3.89. The lowest BCUT2D eigenvalue weighted by molar-refractivity contribution is -0.131. The van der Waals surface area contributed by atoms with E-state index in [0.29, 0.717) is 5.56 Å². The van der Waals surface area contributed by atoms with Crippen molar-refractivity contribution in [2.45, 2.75) is 25.3 Å². The zero-order valence-electron chi connectivity index (χ0n) is 11.8. The molecule has 4 nitrogen and oxygen atoms in total. The highest BCUT2D eigenvalue weighted by molar-refractivity contribution is 6.30. The number of aliphatic hydroxyl groups excluding tert-OH is 1. The fourth-order valence-electron chi connectivity index (χ4n) is 2.48. The number of nitrogens with zero attached hydrogens (tertiary/aromatic N) is 1. The molecule has 1 aliphatic rings. The lowest BCUT2D eigenvalue weighted by atomic mass is 10.1. The highest BCUT2D eigenvalue weighted by Gasteiger charge is 2.18. The molecule has 1 atom stereocenters. The summed E-state index contributed by atoms with van der Waals surface area (Å²) in [4.78, 5) is 13.9. The monoisotopic (exact) mass is 314 g/mol. The average Bonchev–Trinajstić information content (AvgIpc) is 2.52. The lowest BCUT2D eigenvalue weighted by Crippen LogP contribution is -2.42. The molecule has 1 aromatic rings. The Morgan fingerprint density at radius 1 is 1.38 bits per heavy atom. The Kier molecular flexibility index (Phi) is 5.96. The van der Waals surface area contributed by atoms with E-state index < -0.39 is 11.9 Å². The first-order valence-corrected chi connectivity index (χ1v) is 7.56. The van der Waals surface area contributed by atoms with Crippen LogP contribution in [0.3, 0.4) is 0 Å². The Morgan fingerprint density at radius 3 is 2.71 bits per heavy atom. The van der Waals surface area contributed by atoms with Crippen molar-refractivity contribution in [2.75, 3.05) is 26.2 Å². The van der Waals surface area contributed by atoms with Crippen molar-refractivity contribution in [1.82, 2.24) is 10.2 Å². The maximum absolute atomic E-state index is 13.4. The van der Waals surface area contributed by atoms with Crippen LogP contribution in [0.2, 0.25) is 5.02 Å². The Labute approximate surface area is 128 Å². The molecule has 0 bridgehead atoms. The van der Waals surface area contributed by atoms with E-state index in [1.54, 1.807) is 6.07 Å². The molecule has 116 valence electrons. The van der Waals surface area contributed by atoms with E-state index in [2.05, 4.69) is 5.32 Å². The van der Waals surface area contributed by atoms with Gasteiger partial charge in [0.05, 0.1) is 24.2 Å². The van der Waals surface area contributed by atoms with Gasteiger partial charge in [0.2, 0.25) is 5.91 Å². The standard InChI is InChI=1S/C15H20ClFN2O2/c16-12-5-4-11(8-13(12)17)14(10-20)18-9-15(21)19-6-2-1-3-7-19/h4-5,8,14,18,20H,1-3,6-7,9-10H2/t14-/m0/s1. The van der Waals surface area contributed by atoms with E-state index in [1.165, 1.54) is 18.6 Å². The number of carbonyl (C=O) groups is 1. The van der Waals surface area contributed by atoms with Crippen LogP contribution in [0.25, 0.3) is 0 Å². The largest absolute Gasteiger partial charge is 0.394 e. The summed E-state index contributed by atoms with van der Waals surface area (Å²) in [6.07, 6.45) is 3.25. The van der Waals surface area contributed by atoms with Gasteiger partial charge in [0, 0.05) is 13.1 Å². The second-order valence-electron chi connectivity index (χ2n) is 5.23. The molecule has 0 aliphatic carbocycles. The van der Waals surface area contributed by atoms with Crippen LogP contribution >= 0.6 is 11.6 Å². The Balaban J connectivity index is 1.92. The second kappa shape index (κ2) is 7.73. The van der Waals surface area contributed by atoms with E-state index in [0.717, 1.165) is 25.9 Å². The van der Waals surface area contributed by atoms with Crippen LogP contribution in [0.15, 0.2) is 18.2 Å². The molecule has 0 saturated carbocycles. The summed E-state index contributed by atoms with van der Waals surface area (Å²) < 4.78 is 13.4. The van der Waals surface area contributed by atoms with Crippen molar-refractivity contribution in [1.29, 1.82) is 0 Å². The van der Waals surface area contributed by atoms with Crippen LogP contribution in [0.5, 0.6) is 0 Å². The van der Waals surface area contributed by atoms with Gasteiger partial charge >= 0.3 is 0 Å². The molecule has 21 heavy (non-hydrogen) atoms. The molecule has 1 heterocycles. The topological polar surface area (TPSA) is 52.6 Å². The van der Waals surface area contributed by atoms with E-state index in [-0.39, 0.29) is 24.1 Å². The number of hydrogen-bond donors (Lipinski definition) is 2. The van der Waals surface area contributed by atoms with Gasteiger partial charge in [-0.05, 0) is 37.0 Å². The number of rotatable bonds is 5. The van der Waals surface area contributed by atoms with Gasteiger partial charge in [-0.3, -0.25) is 10.1 Å². The third kappa shape index (κ3) is 4.40. The van der Waals surface area contributed by atoms with Crippen LogP contribution < -0.4 is 5.32 Å². The van der Waals surface area contributed by atoms with Gasteiger partial charge in [-0.1, -0.05) is 17.7 Å². The van der Waals surface area contributed by atoms with E-state index in [9.17, 15) is 14.3 Å². The number of amides is 1. The number of benzene rings is 1. The van der Waals surface area contributed by atoms with E-state index in [4.69, 9.17) is 11.6 Å². The molecule has 1 fully saturated rings. The number of nitrogens with one attached hydrogen (secondary N) is 1. The van der Waals surface area contributed by atoms with Crippen molar-refractivity contribution < 1.29 is 14.3 Å². The fraction of sp³-hybridized carbons (Fsp3) is 0.533. The molecule has 1 saturated heterocycles. The predicted molar refractivity (Wildman–Crippen MR) is 79.7 cm³/mol. The molecule has 0 aromatic heterocycles. The quantitative estimate of drug-likeness (QED) is 0.875. The van der Waals surface area contributed by atoms with E-state index in [1.807, 2.05) is 4.90 Å². The highest BCUT2D eigenvalue weighted by atomic mass is 35.5. The second-order valence-corrected chi connectivity index (χ2v) is 5.64. The number of halogens is 2. The smallest absolute Gasteiger partial charge is 0.236 e. The first-order valence-electron chi connectivity index (χ1n) is 7.19. The summed E-state index contributed by atoms with van der Waals surface area (Å²) in [5.41, 5.74) is 0.575. The van der Waals surface area contributed by atoms with Crippen molar-refractivity contribution >= 4 is 17.5 Å². The maximum atomic E-state index is 13.4. The van der Waals surface area contributed by atoms with Gasteiger partial charge in [0.1, 0.15) is 5.82 Å². The molecular formula is C15H20ClFN2O2. The zero-order valence-corrected chi connectivity index (χ0v) is 12.6. The molecule has 2 N–H and O–H groups in total. The fourth-order valence-corrected chi connectivity index (χ4v) is 2.60. The van der Waals surface area contributed by atoms with Crippen LogP contribution in [-0.4, -0.2) is 42.2 Å². The van der Waals surface area contributed by atoms with Gasteiger partial charge in [-0.25, -0.2) is 4.39 Å². The normalized spacial score (nSPS) is 16.8. The van der Waals surface area contributed by atoms with Crippen molar-refractivity contribution in [3.63, 3.8) is 0 Å². The zero-order chi connectivity index (χ0) is 15.2. The van der Waals surface area contributed by atoms with Crippen molar-refractivity contribution in [3.05, 3.63) is 34.6 Å². The summed E-state index contributed by atoms with van der Waals surface area (Å²) in [5, 5.41) is 12.4. The Hall–Kier alpha value is -1.17. The minimum absolute atomic E-state index is 0.0163. The van der Waals surface area contributed by atoms with Crippen molar-refractivity contribution in [3.8, 4) is 0 Å². The van der Waals surface area contributed by atoms with Crippen LogP contribution in [0.4, 0.5) is 4.39 Å². The molecule has 6 heteroatoms. The van der Waals surface area contributed by atoms with Gasteiger partial charge < -0.3 is 10.0 Å². The van der Waals surface area contributed by atoms with E-state index >= 15 is 0 Å². The van der Waals surface area contributed by atoms with Crippen LogP contribution in [0.1, 0.15) is 30.9 Å². The summed E-state index contributed by atoms with van der Waals surface area (Å²) in [5.74, 6) is -0.514. The minimum Gasteiger partial charge on any atom is -0.394 e. The van der Waals surface area contributed by atoms with Crippen LogP contribution in [-0.2, 0) is 4.79 Å². The molecule has 1 aliphatic heterocycles. The molecular weight excluding hydrogens is 295 g/mol. The first kappa shape index (κ1) is 16.2. The third-order valence-corrected chi connectivity index (χ3v) is 4.04. The SMILES string of the molecule is O=C(CN[C@@H](CO)c1ccc(Cl)c(F)c1)N1CCCCC1. The van der Waals surface area contributed by atoms with Crippen molar-refractivity contribution in [2.24, 2.45) is 0 Å². The minimum atomic E-state index is -0.531. The average molecular weight is 315 g/mol. The highest BCUT2D eigenvalue weighted by Crippen LogP contribution is 2.20. The number of piperidine rings is 1. The molecule has 2 rings (SSSR count). The van der Waals surface area contributed by atoms with Crippen LogP contribution in [0, 0.1) is 5.82 Å². The number of likely N-dealkylation sites (tertiary alicyclic amines) is 1. The maximum Gasteiger partial charge on any atom is 0.236 e. The molecule has 1 aromatic carbocycles. The van der Waals surface area contributed by atoms with Gasteiger partial charge in [0.15, 0.2) is 0 Å². The molecule has 0 spiro atoms. The number of aliphatic hydroxyl groups is 1. The molecule has 1 amide bonds. The van der Waals surface area contributed by atoms with Gasteiger partial charge in [-0.2, -0.15) is 0 Å². The molecule has 0 radical (unpaired) electrons. The lowest BCUT2D eigenvalue weighted by Gasteiger charge is -2.27. The summed E-state index contributed by atoms with van der Waals surface area (Å²) in [6.45, 7) is 1.50. The Morgan fingerprint density at radius 2 is 2.10 bits per heavy atom. The van der Waals surface area contributed by atoms with Gasteiger partial charge in [0.25, 0.3) is 0 Å². The van der Waals surface area contributed by atoms with Gasteiger partial charge in [-0.15, -0.1) is 0 Å². The number of hydrogen-bond acceptors (Lipinski definition) is 3.